The molecule has 3 nitrogen and oxygen atoms in total. The minimum atomic E-state index is 0. The van der Waals surface area contributed by atoms with Gasteiger partial charge in [-0.2, -0.15) is 0 Å². The summed E-state index contributed by atoms with van der Waals surface area (Å²) < 4.78 is 0. The van der Waals surface area contributed by atoms with Crippen LogP contribution in [0.3, 0.4) is 0 Å². The van der Waals surface area contributed by atoms with Crippen LogP contribution >= 0.6 is 24.0 Å². The summed E-state index contributed by atoms with van der Waals surface area (Å²) in [5.41, 5.74) is 1.00. The van der Waals surface area contributed by atoms with Gasteiger partial charge in [0.2, 0.25) is 5.91 Å². The molecule has 112 valence electrons. The number of nitrogens with zero attached hydrogens (tertiary/aromatic N) is 1. The van der Waals surface area contributed by atoms with Gasteiger partial charge < -0.3 is 10.2 Å². The number of piperidine rings is 1. The van der Waals surface area contributed by atoms with Crippen molar-refractivity contribution < 1.29 is 4.79 Å². The van der Waals surface area contributed by atoms with Crippen LogP contribution in [0.5, 0.6) is 0 Å². The number of carbonyl (C=O) groups excluding carboxylic acids is 1. The van der Waals surface area contributed by atoms with E-state index in [9.17, 15) is 4.79 Å². The highest BCUT2D eigenvalue weighted by molar-refractivity contribution is 6.31. The molecule has 0 atom stereocenters. The Hall–Kier alpha value is -0.770. The zero-order chi connectivity index (χ0) is 13.7. The maximum Gasteiger partial charge on any atom is 0.222 e. The number of halogens is 2. The summed E-state index contributed by atoms with van der Waals surface area (Å²) in [5.74, 6) is 0.745. The summed E-state index contributed by atoms with van der Waals surface area (Å²) >= 11 is 6.12. The summed E-state index contributed by atoms with van der Waals surface area (Å²) in [5, 5.41) is 4.05. The molecule has 0 unspecified atom stereocenters. The van der Waals surface area contributed by atoms with Crippen LogP contribution in [0.4, 0.5) is 0 Å². The van der Waals surface area contributed by atoms with Gasteiger partial charge in [0.1, 0.15) is 0 Å². The smallest absolute Gasteiger partial charge is 0.222 e. The van der Waals surface area contributed by atoms with Gasteiger partial charge in [0, 0.05) is 25.0 Å². The summed E-state index contributed by atoms with van der Waals surface area (Å²) in [6.07, 6.45) is 2.86. The van der Waals surface area contributed by atoms with Crippen LogP contribution in [0.1, 0.15) is 24.8 Å². The van der Waals surface area contributed by atoms with E-state index in [1.807, 2.05) is 31.3 Å². The van der Waals surface area contributed by atoms with E-state index in [-0.39, 0.29) is 18.3 Å². The molecule has 1 amide bonds. The predicted molar refractivity (Wildman–Crippen MR) is 85.4 cm³/mol. The van der Waals surface area contributed by atoms with Gasteiger partial charge in [0.15, 0.2) is 0 Å². The van der Waals surface area contributed by atoms with Gasteiger partial charge in [-0.15, -0.1) is 12.4 Å². The number of hydrogen-bond donors (Lipinski definition) is 1. The molecule has 0 bridgehead atoms. The molecule has 0 saturated carbocycles. The van der Waals surface area contributed by atoms with Crippen molar-refractivity contribution in [3.63, 3.8) is 0 Å². The molecule has 1 aliphatic rings. The Balaban J connectivity index is 0.00000200. The molecule has 1 heterocycles. The Bertz CT molecular complexity index is 434. The lowest BCUT2D eigenvalue weighted by atomic mass is 9.94. The second kappa shape index (κ2) is 8.50. The molecular weight excluding hydrogens is 295 g/mol. The lowest BCUT2D eigenvalue weighted by molar-refractivity contribution is -0.131. The molecule has 1 aromatic rings. The molecule has 5 heteroatoms. The molecular formula is C15H22Cl2N2O. The Morgan fingerprint density at radius 2 is 2.00 bits per heavy atom. The molecule has 0 spiro atoms. The second-order valence-electron chi connectivity index (χ2n) is 5.24. The maximum atomic E-state index is 12.2. The first-order chi connectivity index (χ1) is 9.16. The molecule has 1 aromatic carbocycles. The highest BCUT2D eigenvalue weighted by atomic mass is 35.5. The summed E-state index contributed by atoms with van der Waals surface area (Å²) in [7, 11) is 1.85. The summed E-state index contributed by atoms with van der Waals surface area (Å²) in [4.78, 5) is 14.0. The van der Waals surface area contributed by atoms with E-state index in [0.717, 1.165) is 36.5 Å². The van der Waals surface area contributed by atoms with Gasteiger partial charge in [-0.05, 0) is 43.5 Å². The van der Waals surface area contributed by atoms with Crippen LogP contribution in [-0.4, -0.2) is 30.9 Å². The number of carbonyl (C=O) groups is 1. The van der Waals surface area contributed by atoms with Gasteiger partial charge in [-0.3, -0.25) is 4.79 Å². The Morgan fingerprint density at radius 3 is 2.65 bits per heavy atom. The first kappa shape index (κ1) is 17.3. The Kier molecular flexibility index (Phi) is 7.35. The average Bonchev–Trinajstić information content (AvgIpc) is 2.42. The molecule has 20 heavy (non-hydrogen) atoms. The predicted octanol–water partition coefficient (Wildman–Crippen LogP) is 3.11. The zero-order valence-corrected chi connectivity index (χ0v) is 13.3. The zero-order valence-electron chi connectivity index (χ0n) is 11.8. The fraction of sp³-hybridized carbons (Fsp3) is 0.533. The fourth-order valence-electron chi connectivity index (χ4n) is 2.46. The first-order valence-electron chi connectivity index (χ1n) is 6.85. The summed E-state index contributed by atoms with van der Waals surface area (Å²) in [6, 6.07) is 7.69. The number of hydrogen-bond acceptors (Lipinski definition) is 2. The Morgan fingerprint density at radius 1 is 1.35 bits per heavy atom. The quantitative estimate of drug-likeness (QED) is 0.925. The minimum absolute atomic E-state index is 0. The highest BCUT2D eigenvalue weighted by Gasteiger charge is 2.19. The SMILES string of the molecule is CN(Cc1ccccc1Cl)C(=O)CC1CCNCC1.Cl. The topological polar surface area (TPSA) is 32.3 Å². The van der Waals surface area contributed by atoms with Gasteiger partial charge in [-0.1, -0.05) is 29.8 Å². The lowest BCUT2D eigenvalue weighted by Crippen LogP contribution is -2.33. The third kappa shape index (κ3) is 4.97. The largest absolute Gasteiger partial charge is 0.341 e. The number of benzene rings is 1. The first-order valence-corrected chi connectivity index (χ1v) is 7.22. The van der Waals surface area contributed by atoms with E-state index >= 15 is 0 Å². The van der Waals surface area contributed by atoms with Crippen molar-refractivity contribution in [2.45, 2.75) is 25.8 Å². The molecule has 0 aromatic heterocycles. The van der Waals surface area contributed by atoms with Gasteiger partial charge in [-0.25, -0.2) is 0 Å². The van der Waals surface area contributed by atoms with Crippen LogP contribution in [-0.2, 0) is 11.3 Å². The molecule has 1 N–H and O–H groups in total. The van der Waals surface area contributed by atoms with E-state index in [1.54, 1.807) is 4.90 Å². The molecule has 1 saturated heterocycles. The van der Waals surface area contributed by atoms with Crippen LogP contribution < -0.4 is 5.32 Å². The van der Waals surface area contributed by atoms with Gasteiger partial charge in [0.25, 0.3) is 0 Å². The Labute approximate surface area is 132 Å². The third-order valence-corrected chi connectivity index (χ3v) is 4.08. The number of amides is 1. The summed E-state index contributed by atoms with van der Waals surface area (Å²) in [6.45, 7) is 2.65. The number of nitrogens with one attached hydrogen (secondary N) is 1. The molecule has 2 rings (SSSR count). The van der Waals surface area contributed by atoms with Crippen LogP contribution in [0, 0.1) is 5.92 Å². The normalized spacial score (nSPS) is 15.5. The third-order valence-electron chi connectivity index (χ3n) is 3.71. The van der Waals surface area contributed by atoms with Crippen LogP contribution in [0.15, 0.2) is 24.3 Å². The van der Waals surface area contributed by atoms with Crippen molar-refractivity contribution in [2.24, 2.45) is 5.92 Å². The van der Waals surface area contributed by atoms with Crippen molar-refractivity contribution in [1.29, 1.82) is 0 Å². The van der Waals surface area contributed by atoms with E-state index < -0.39 is 0 Å². The molecule has 0 radical (unpaired) electrons. The molecule has 1 aliphatic heterocycles. The highest BCUT2D eigenvalue weighted by Crippen LogP contribution is 2.20. The van der Waals surface area contributed by atoms with Crippen molar-refractivity contribution in [2.75, 3.05) is 20.1 Å². The maximum absolute atomic E-state index is 12.2. The fourth-order valence-corrected chi connectivity index (χ4v) is 2.65. The van der Waals surface area contributed by atoms with Gasteiger partial charge >= 0.3 is 0 Å². The number of rotatable bonds is 4. The van der Waals surface area contributed by atoms with E-state index in [4.69, 9.17) is 11.6 Å². The van der Waals surface area contributed by atoms with E-state index in [2.05, 4.69) is 5.32 Å². The minimum Gasteiger partial charge on any atom is -0.341 e. The van der Waals surface area contributed by atoms with Gasteiger partial charge in [0.05, 0.1) is 0 Å². The van der Waals surface area contributed by atoms with Crippen LogP contribution in [0.25, 0.3) is 0 Å². The standard InChI is InChI=1S/C15H21ClN2O.ClH/c1-18(11-13-4-2-3-5-14(13)16)15(19)10-12-6-8-17-9-7-12;/h2-5,12,17H,6-11H2,1H3;1H. The van der Waals surface area contributed by atoms with Crippen molar-refractivity contribution in [3.05, 3.63) is 34.9 Å². The van der Waals surface area contributed by atoms with Crippen LogP contribution in [0.2, 0.25) is 5.02 Å². The second-order valence-corrected chi connectivity index (χ2v) is 5.65. The van der Waals surface area contributed by atoms with Crippen molar-refractivity contribution >= 4 is 29.9 Å². The molecule has 1 fully saturated rings. The molecule has 0 aliphatic carbocycles. The van der Waals surface area contributed by atoms with E-state index in [0.29, 0.717) is 18.9 Å². The monoisotopic (exact) mass is 316 g/mol. The average molecular weight is 317 g/mol. The lowest BCUT2D eigenvalue weighted by Gasteiger charge is -2.25. The van der Waals surface area contributed by atoms with E-state index in [1.165, 1.54) is 0 Å². The van der Waals surface area contributed by atoms with Crippen molar-refractivity contribution in [1.82, 2.24) is 10.2 Å². The van der Waals surface area contributed by atoms with Crippen molar-refractivity contribution in [3.8, 4) is 0 Å².